The van der Waals surface area contributed by atoms with Crippen LogP contribution < -0.4 is 20.5 Å². The zero-order valence-electron chi connectivity index (χ0n) is 18.7. The van der Waals surface area contributed by atoms with Crippen LogP contribution in [-0.2, 0) is 11.2 Å². The van der Waals surface area contributed by atoms with E-state index in [4.69, 9.17) is 10.5 Å². The molecule has 1 atom stereocenters. The molecule has 3 heterocycles. The number of amidine groups is 1. The van der Waals surface area contributed by atoms with Gasteiger partial charge in [0.05, 0.1) is 16.8 Å². The lowest BCUT2D eigenvalue weighted by molar-refractivity contribution is 0.0880. The fourth-order valence-corrected chi connectivity index (χ4v) is 4.19. The van der Waals surface area contributed by atoms with Crippen LogP contribution in [0.25, 0.3) is 5.82 Å². The first kappa shape index (κ1) is 22.5. The molecule has 4 rings (SSSR count). The number of nitrogens with zero attached hydrogens (tertiary/aromatic N) is 4. The third kappa shape index (κ3) is 4.72. The van der Waals surface area contributed by atoms with E-state index in [-0.39, 0.29) is 18.3 Å². The molecule has 1 aliphatic rings. The smallest absolute Gasteiger partial charge is 0.252 e. The summed E-state index contributed by atoms with van der Waals surface area (Å²) in [4.78, 5) is 21.6. The maximum absolute atomic E-state index is 13.0. The Kier molecular flexibility index (Phi) is 5.90. The molecular weight excluding hydrogens is 442 g/mol. The van der Waals surface area contributed by atoms with Crippen molar-refractivity contribution >= 4 is 28.6 Å². The van der Waals surface area contributed by atoms with Crippen LogP contribution in [0.3, 0.4) is 0 Å². The summed E-state index contributed by atoms with van der Waals surface area (Å²) in [5.74, 6) is 1.78. The molecule has 1 aromatic carbocycles. The van der Waals surface area contributed by atoms with E-state index in [0.29, 0.717) is 28.4 Å². The second-order valence-electron chi connectivity index (χ2n) is 8.32. The van der Waals surface area contributed by atoms with Gasteiger partial charge in [-0.1, -0.05) is 6.07 Å². The van der Waals surface area contributed by atoms with Crippen molar-refractivity contribution in [3.05, 3.63) is 65.4 Å². The number of nitrogens with two attached hydrogens (primary N) is 1. The molecule has 1 unspecified atom stereocenters. The quantitative estimate of drug-likeness (QED) is 0.508. The van der Waals surface area contributed by atoms with Gasteiger partial charge < -0.3 is 15.8 Å². The zero-order valence-corrected chi connectivity index (χ0v) is 19.6. The van der Waals surface area contributed by atoms with Gasteiger partial charge in [0.2, 0.25) is 11.2 Å². The van der Waals surface area contributed by atoms with Gasteiger partial charge in [0.15, 0.2) is 0 Å². The third-order valence-corrected chi connectivity index (χ3v) is 5.81. The summed E-state index contributed by atoms with van der Waals surface area (Å²) < 4.78 is 26.2. The summed E-state index contributed by atoms with van der Waals surface area (Å²) in [5.41, 5.74) is 7.78. The lowest BCUT2D eigenvalue weighted by Crippen LogP contribution is -2.48. The van der Waals surface area contributed by atoms with E-state index in [2.05, 4.69) is 24.4 Å². The van der Waals surface area contributed by atoms with Crippen LogP contribution in [0.4, 0.5) is 5.69 Å². The van der Waals surface area contributed by atoms with Gasteiger partial charge in [-0.25, -0.2) is 14.2 Å². The predicted octanol–water partition coefficient (Wildman–Crippen LogP) is 2.18. The predicted molar refractivity (Wildman–Crippen MR) is 127 cm³/mol. The molecule has 0 radical (unpaired) electrons. The van der Waals surface area contributed by atoms with Crippen molar-refractivity contribution in [3.8, 4) is 11.6 Å². The van der Waals surface area contributed by atoms with Crippen LogP contribution in [0.2, 0.25) is 0 Å². The Balaban J connectivity index is 1.48. The standard InChI is InChI=1S/C22H25N7O3S/c1-13-11-25-14(2)29(13)18-10-15(8-9-24-18)21(30)26-22(3,4)12-32-17-7-5-6-16-19(17)20(23)28-33(31)27-16/h5-11,27H,12H2,1-4H3,(H2,23,28)(H,26,30). The van der Waals surface area contributed by atoms with E-state index in [1.54, 1.807) is 42.7 Å². The van der Waals surface area contributed by atoms with Gasteiger partial charge >= 0.3 is 0 Å². The number of hydrogen-bond acceptors (Lipinski definition) is 6. The van der Waals surface area contributed by atoms with Crippen molar-refractivity contribution in [1.29, 1.82) is 0 Å². The van der Waals surface area contributed by atoms with Crippen molar-refractivity contribution in [1.82, 2.24) is 19.9 Å². The van der Waals surface area contributed by atoms with E-state index < -0.39 is 16.7 Å². The fourth-order valence-electron chi connectivity index (χ4n) is 3.51. The molecule has 0 aliphatic carbocycles. The Bertz CT molecular complexity index is 1260. The van der Waals surface area contributed by atoms with Crippen LogP contribution >= 0.6 is 0 Å². The summed E-state index contributed by atoms with van der Waals surface area (Å²) in [6, 6.07) is 8.65. The van der Waals surface area contributed by atoms with Gasteiger partial charge in [-0.3, -0.25) is 14.1 Å². The van der Waals surface area contributed by atoms with Gasteiger partial charge in [0, 0.05) is 23.7 Å². The minimum Gasteiger partial charge on any atom is -0.490 e. The van der Waals surface area contributed by atoms with Crippen molar-refractivity contribution < 1.29 is 13.7 Å². The zero-order chi connectivity index (χ0) is 23.8. The average Bonchev–Trinajstić information content (AvgIpc) is 3.09. The minimum atomic E-state index is -1.62. The summed E-state index contributed by atoms with van der Waals surface area (Å²) in [6.45, 7) is 7.70. The maximum atomic E-state index is 13.0. The monoisotopic (exact) mass is 467 g/mol. The number of nitrogens with one attached hydrogen (secondary N) is 2. The number of carbonyl (C=O) groups is 1. The van der Waals surface area contributed by atoms with Crippen LogP contribution in [0.1, 0.15) is 41.3 Å². The number of fused-ring (bicyclic) bond motifs is 1. The van der Waals surface area contributed by atoms with Crippen molar-refractivity contribution in [2.24, 2.45) is 10.1 Å². The number of carbonyl (C=O) groups excluding carboxylic acids is 1. The second-order valence-corrected chi connectivity index (χ2v) is 9.20. The molecular formula is C22H25N7O3S. The highest BCUT2D eigenvalue weighted by molar-refractivity contribution is 7.85. The summed E-state index contributed by atoms with van der Waals surface area (Å²) in [7, 11) is 0. The number of amides is 1. The van der Waals surface area contributed by atoms with Crippen LogP contribution in [0.5, 0.6) is 5.75 Å². The first-order valence-corrected chi connectivity index (χ1v) is 11.3. The van der Waals surface area contributed by atoms with Crippen LogP contribution in [-0.4, -0.2) is 42.6 Å². The first-order valence-electron chi connectivity index (χ1n) is 10.2. The van der Waals surface area contributed by atoms with Crippen molar-refractivity contribution in [2.75, 3.05) is 11.3 Å². The Hall–Kier alpha value is -3.73. The van der Waals surface area contributed by atoms with Gasteiger partial charge in [-0.2, -0.15) is 4.40 Å². The minimum absolute atomic E-state index is 0.133. The normalized spacial score (nSPS) is 15.3. The highest BCUT2D eigenvalue weighted by atomic mass is 32.2. The van der Waals surface area contributed by atoms with Gasteiger partial charge in [-0.05, 0) is 52.0 Å². The molecule has 11 heteroatoms. The van der Waals surface area contributed by atoms with E-state index in [0.717, 1.165) is 11.5 Å². The van der Waals surface area contributed by atoms with E-state index in [1.807, 2.05) is 32.3 Å². The number of benzene rings is 1. The summed E-state index contributed by atoms with van der Waals surface area (Å²) >= 11 is -1.62. The number of aromatic nitrogens is 3. The van der Waals surface area contributed by atoms with Gasteiger partial charge in [0.25, 0.3) is 5.91 Å². The first-order chi connectivity index (χ1) is 15.6. The topological polar surface area (TPSA) is 137 Å². The number of imidazole rings is 1. The maximum Gasteiger partial charge on any atom is 0.252 e. The van der Waals surface area contributed by atoms with Crippen LogP contribution in [0.15, 0.2) is 47.1 Å². The number of hydrogen-bond donors (Lipinski definition) is 3. The molecule has 0 saturated carbocycles. The highest BCUT2D eigenvalue weighted by Crippen LogP contribution is 2.30. The average molecular weight is 468 g/mol. The number of rotatable bonds is 6. The molecule has 10 nitrogen and oxygen atoms in total. The molecule has 172 valence electrons. The third-order valence-electron chi connectivity index (χ3n) is 5.05. The number of pyridine rings is 1. The van der Waals surface area contributed by atoms with Crippen molar-refractivity contribution in [2.45, 2.75) is 33.2 Å². The molecule has 0 fully saturated rings. The number of ether oxygens (including phenoxy) is 1. The molecule has 1 amide bonds. The van der Waals surface area contributed by atoms with E-state index >= 15 is 0 Å². The van der Waals surface area contributed by atoms with E-state index in [9.17, 15) is 9.00 Å². The van der Waals surface area contributed by atoms with E-state index in [1.165, 1.54) is 0 Å². The number of anilines is 1. The molecule has 3 aromatic rings. The highest BCUT2D eigenvalue weighted by Gasteiger charge is 2.25. The molecule has 4 N–H and O–H groups in total. The Morgan fingerprint density at radius 1 is 1.27 bits per heavy atom. The molecule has 2 aromatic heterocycles. The second kappa shape index (κ2) is 8.66. The van der Waals surface area contributed by atoms with Gasteiger partial charge in [-0.15, -0.1) is 0 Å². The Morgan fingerprint density at radius 3 is 2.79 bits per heavy atom. The Morgan fingerprint density at radius 2 is 2.06 bits per heavy atom. The number of aryl methyl sites for hydroxylation is 2. The molecule has 33 heavy (non-hydrogen) atoms. The van der Waals surface area contributed by atoms with Crippen LogP contribution in [0, 0.1) is 13.8 Å². The summed E-state index contributed by atoms with van der Waals surface area (Å²) in [5, 5.41) is 3.00. The molecule has 0 saturated heterocycles. The molecule has 0 spiro atoms. The summed E-state index contributed by atoms with van der Waals surface area (Å²) in [6.07, 6.45) is 3.36. The lowest BCUT2D eigenvalue weighted by atomic mass is 10.1. The SMILES string of the molecule is Cc1cnc(C)n1-c1cc(C(=O)NC(C)(C)COc2cccc3c2C(N)=NS(=O)N3)ccn1. The lowest BCUT2D eigenvalue weighted by Gasteiger charge is -2.27. The fraction of sp³-hybridized carbons (Fsp3) is 0.273. The van der Waals surface area contributed by atoms with Gasteiger partial charge in [0.1, 0.15) is 29.8 Å². The van der Waals surface area contributed by atoms with Crippen molar-refractivity contribution in [3.63, 3.8) is 0 Å². The molecule has 0 bridgehead atoms. The largest absolute Gasteiger partial charge is 0.490 e. The molecule has 1 aliphatic heterocycles. The Labute approximate surface area is 194 Å².